The van der Waals surface area contributed by atoms with E-state index in [2.05, 4.69) is 10.3 Å². The average Bonchev–Trinajstić information content (AvgIpc) is 2.31. The third-order valence-electron chi connectivity index (χ3n) is 2.15. The Morgan fingerprint density at radius 3 is 2.80 bits per heavy atom. The third-order valence-corrected chi connectivity index (χ3v) is 2.93. The Kier molecular flexibility index (Phi) is 6.30. The first-order valence-corrected chi connectivity index (χ1v) is 6.98. The van der Waals surface area contributed by atoms with Crippen LogP contribution in [0.1, 0.15) is 32.8 Å². The molecule has 0 aromatic carbocycles. The molecule has 110 valence electrons. The maximum Gasteiger partial charge on any atom is 0.407 e. The van der Waals surface area contributed by atoms with Crippen LogP contribution < -0.4 is 5.32 Å². The molecule has 0 aliphatic carbocycles. The van der Waals surface area contributed by atoms with Crippen LogP contribution in [-0.4, -0.2) is 23.2 Å². The van der Waals surface area contributed by atoms with Crippen LogP contribution in [0.5, 0.6) is 0 Å². The molecule has 1 rings (SSSR count). The van der Waals surface area contributed by atoms with E-state index in [0.717, 1.165) is 5.56 Å². The molecule has 0 bridgehead atoms. The smallest absolute Gasteiger partial charge is 0.407 e. The molecule has 1 aromatic heterocycles. The van der Waals surface area contributed by atoms with Gasteiger partial charge in [0.05, 0.1) is 5.02 Å². The van der Waals surface area contributed by atoms with Crippen molar-refractivity contribution < 1.29 is 9.53 Å². The molecule has 1 aromatic rings. The molecule has 1 heterocycles. The van der Waals surface area contributed by atoms with Gasteiger partial charge in [0.2, 0.25) is 0 Å². The van der Waals surface area contributed by atoms with E-state index in [1.807, 2.05) is 32.9 Å². The van der Waals surface area contributed by atoms with Gasteiger partial charge in [-0.05, 0) is 38.8 Å². The van der Waals surface area contributed by atoms with E-state index in [4.69, 9.17) is 27.9 Å². The maximum absolute atomic E-state index is 11.4. The summed E-state index contributed by atoms with van der Waals surface area (Å²) in [5.41, 5.74) is 0.310. The van der Waals surface area contributed by atoms with Gasteiger partial charge in [0.25, 0.3) is 0 Å². The average molecular weight is 317 g/mol. The zero-order chi connectivity index (χ0) is 15.2. The Bertz CT molecular complexity index is 496. The lowest BCUT2D eigenvalue weighted by atomic mass is 10.2. The number of ether oxygens (including phenoxy) is 1. The summed E-state index contributed by atoms with van der Waals surface area (Å²) >= 11 is 11.8. The quantitative estimate of drug-likeness (QED) is 0.665. The molecular weight excluding hydrogens is 299 g/mol. The van der Waals surface area contributed by atoms with Crippen molar-refractivity contribution in [2.75, 3.05) is 6.54 Å². The van der Waals surface area contributed by atoms with Crippen LogP contribution >= 0.6 is 23.2 Å². The molecule has 0 radical (unpaired) electrons. The van der Waals surface area contributed by atoms with E-state index in [1.54, 1.807) is 12.3 Å². The lowest BCUT2D eigenvalue weighted by Gasteiger charge is -2.19. The highest BCUT2D eigenvalue weighted by molar-refractivity contribution is 6.42. The number of amides is 1. The number of alkyl carbamates (subject to hydrolysis) is 1. The van der Waals surface area contributed by atoms with Gasteiger partial charge in [-0.25, -0.2) is 9.78 Å². The van der Waals surface area contributed by atoms with E-state index in [1.165, 1.54) is 0 Å². The van der Waals surface area contributed by atoms with Gasteiger partial charge < -0.3 is 10.1 Å². The second-order valence-corrected chi connectivity index (χ2v) is 5.86. The second-order valence-electron chi connectivity index (χ2n) is 5.12. The predicted molar refractivity (Wildman–Crippen MR) is 82.1 cm³/mol. The number of nitrogens with zero attached hydrogens (tertiary/aromatic N) is 1. The van der Waals surface area contributed by atoms with Gasteiger partial charge in [0.1, 0.15) is 10.8 Å². The molecule has 6 heteroatoms. The zero-order valence-electron chi connectivity index (χ0n) is 11.7. The van der Waals surface area contributed by atoms with Gasteiger partial charge in [-0.15, -0.1) is 0 Å². The number of pyridine rings is 1. The SMILES string of the molecule is CC(C)(C)OC(=O)NCCC=Cc1ccnc(Cl)c1Cl. The van der Waals surface area contributed by atoms with Crippen LogP contribution in [0.2, 0.25) is 10.2 Å². The van der Waals surface area contributed by atoms with Crippen LogP contribution in [0.25, 0.3) is 6.08 Å². The van der Waals surface area contributed by atoms with Gasteiger partial charge in [0, 0.05) is 12.7 Å². The minimum Gasteiger partial charge on any atom is -0.444 e. The predicted octanol–water partition coefficient (Wildman–Crippen LogP) is 4.32. The molecule has 1 amide bonds. The summed E-state index contributed by atoms with van der Waals surface area (Å²) in [5, 5.41) is 3.37. The van der Waals surface area contributed by atoms with E-state index in [0.29, 0.717) is 18.0 Å². The Morgan fingerprint density at radius 1 is 1.45 bits per heavy atom. The van der Waals surface area contributed by atoms with Gasteiger partial charge in [-0.1, -0.05) is 35.4 Å². The van der Waals surface area contributed by atoms with Crippen LogP contribution in [0.3, 0.4) is 0 Å². The van der Waals surface area contributed by atoms with Gasteiger partial charge in [0.15, 0.2) is 0 Å². The number of rotatable bonds is 4. The Balaban J connectivity index is 2.36. The molecule has 0 atom stereocenters. The van der Waals surface area contributed by atoms with Gasteiger partial charge in [-0.3, -0.25) is 0 Å². The summed E-state index contributed by atoms with van der Waals surface area (Å²) in [6, 6.07) is 1.77. The normalized spacial score (nSPS) is 11.7. The first kappa shape index (κ1) is 16.8. The second kappa shape index (κ2) is 7.50. The summed E-state index contributed by atoms with van der Waals surface area (Å²) in [7, 11) is 0. The number of aromatic nitrogens is 1. The van der Waals surface area contributed by atoms with Crippen LogP contribution in [0, 0.1) is 0 Å². The van der Waals surface area contributed by atoms with Crippen molar-refractivity contribution in [3.63, 3.8) is 0 Å². The number of nitrogens with one attached hydrogen (secondary N) is 1. The molecule has 0 aliphatic heterocycles. The molecule has 0 fully saturated rings. The highest BCUT2D eigenvalue weighted by Gasteiger charge is 2.15. The van der Waals surface area contributed by atoms with Crippen LogP contribution in [0.15, 0.2) is 18.3 Å². The lowest BCUT2D eigenvalue weighted by molar-refractivity contribution is 0.0529. The molecule has 1 N–H and O–H groups in total. The van der Waals surface area contributed by atoms with Crippen molar-refractivity contribution in [1.82, 2.24) is 10.3 Å². The van der Waals surface area contributed by atoms with E-state index in [9.17, 15) is 4.79 Å². The third kappa shape index (κ3) is 6.26. The van der Waals surface area contributed by atoms with E-state index in [-0.39, 0.29) is 5.15 Å². The zero-order valence-corrected chi connectivity index (χ0v) is 13.3. The minimum absolute atomic E-state index is 0.278. The standard InChI is InChI=1S/C14H18Cl2N2O2/c1-14(2,3)20-13(19)18-8-5-4-6-10-7-9-17-12(16)11(10)15/h4,6-7,9H,5,8H2,1-3H3,(H,18,19). The number of carbonyl (C=O) groups excluding carboxylic acids is 1. The minimum atomic E-state index is -0.485. The summed E-state index contributed by atoms with van der Waals surface area (Å²) in [4.78, 5) is 15.3. The number of hydrogen-bond acceptors (Lipinski definition) is 3. The number of hydrogen-bond donors (Lipinski definition) is 1. The van der Waals surface area contributed by atoms with Crippen molar-refractivity contribution in [3.05, 3.63) is 34.1 Å². The van der Waals surface area contributed by atoms with Gasteiger partial charge >= 0.3 is 6.09 Å². The Hall–Kier alpha value is -1.26. The first-order valence-electron chi connectivity index (χ1n) is 6.23. The fourth-order valence-corrected chi connectivity index (χ4v) is 1.68. The molecule has 0 spiro atoms. The Labute approximate surface area is 129 Å². The van der Waals surface area contributed by atoms with E-state index < -0.39 is 11.7 Å². The number of carbonyl (C=O) groups is 1. The molecular formula is C14H18Cl2N2O2. The molecule has 4 nitrogen and oxygen atoms in total. The monoisotopic (exact) mass is 316 g/mol. The Morgan fingerprint density at radius 2 is 2.15 bits per heavy atom. The van der Waals surface area contributed by atoms with Crippen LogP contribution in [0.4, 0.5) is 4.79 Å². The van der Waals surface area contributed by atoms with Crippen LogP contribution in [-0.2, 0) is 4.74 Å². The summed E-state index contributed by atoms with van der Waals surface area (Å²) in [5.74, 6) is 0. The summed E-state index contributed by atoms with van der Waals surface area (Å²) < 4.78 is 5.12. The number of halogens is 2. The highest BCUT2D eigenvalue weighted by Crippen LogP contribution is 2.24. The van der Waals surface area contributed by atoms with E-state index >= 15 is 0 Å². The van der Waals surface area contributed by atoms with Crippen molar-refractivity contribution in [3.8, 4) is 0 Å². The summed E-state index contributed by atoms with van der Waals surface area (Å²) in [6.45, 7) is 5.95. The molecule has 0 saturated carbocycles. The van der Waals surface area contributed by atoms with Crippen molar-refractivity contribution >= 4 is 35.4 Å². The fraction of sp³-hybridized carbons (Fsp3) is 0.429. The van der Waals surface area contributed by atoms with Gasteiger partial charge in [-0.2, -0.15) is 0 Å². The molecule has 20 heavy (non-hydrogen) atoms. The van der Waals surface area contributed by atoms with Crippen molar-refractivity contribution in [1.29, 1.82) is 0 Å². The van der Waals surface area contributed by atoms with Crippen molar-refractivity contribution in [2.45, 2.75) is 32.8 Å². The molecule has 0 saturated heterocycles. The molecule has 0 aliphatic rings. The lowest BCUT2D eigenvalue weighted by Crippen LogP contribution is -2.32. The summed E-state index contributed by atoms with van der Waals surface area (Å²) in [6.07, 6.45) is 5.57. The van der Waals surface area contributed by atoms with Crippen molar-refractivity contribution in [2.24, 2.45) is 0 Å². The first-order chi connectivity index (χ1) is 9.29. The molecule has 0 unspecified atom stereocenters. The maximum atomic E-state index is 11.4. The highest BCUT2D eigenvalue weighted by atomic mass is 35.5. The largest absolute Gasteiger partial charge is 0.444 e. The topological polar surface area (TPSA) is 51.2 Å². The fourth-order valence-electron chi connectivity index (χ4n) is 1.34.